The summed E-state index contributed by atoms with van der Waals surface area (Å²) in [6, 6.07) is 25.5. The van der Waals surface area contributed by atoms with E-state index in [1.54, 1.807) is 36.4 Å². The molecule has 0 aromatic heterocycles. The minimum atomic E-state index is -1.04. The van der Waals surface area contributed by atoms with Gasteiger partial charge in [-0.2, -0.15) is 5.26 Å². The molecule has 5 heteroatoms. The molecule has 0 amide bonds. The number of hydrogen-bond acceptors (Lipinski definition) is 4. The van der Waals surface area contributed by atoms with Crippen molar-refractivity contribution in [2.45, 2.75) is 25.9 Å². The van der Waals surface area contributed by atoms with Gasteiger partial charge in [0.15, 0.2) is 0 Å². The van der Waals surface area contributed by atoms with E-state index < -0.39 is 18.0 Å². The molecule has 152 valence electrons. The average Bonchev–Trinajstić information content (AvgIpc) is 2.74. The van der Waals surface area contributed by atoms with Gasteiger partial charge < -0.3 is 9.47 Å². The first-order valence-corrected chi connectivity index (χ1v) is 10.0. The predicted molar refractivity (Wildman–Crippen MR) is 116 cm³/mol. The normalized spacial score (nSPS) is 12.6. The van der Waals surface area contributed by atoms with Gasteiger partial charge in [0.05, 0.1) is 5.92 Å². The molecule has 3 aromatic rings. The number of para-hydroxylation sites is 1. The Hall–Kier alpha value is -3.29. The Labute approximate surface area is 181 Å². The van der Waals surface area contributed by atoms with E-state index in [1.807, 2.05) is 56.3 Å². The van der Waals surface area contributed by atoms with Gasteiger partial charge in [-0.3, -0.25) is 4.79 Å². The fraction of sp³-hybridized carbons (Fsp3) is 0.200. The molecule has 0 unspecified atom stereocenters. The second-order valence-electron chi connectivity index (χ2n) is 7.21. The molecule has 3 aromatic carbocycles. The van der Waals surface area contributed by atoms with Crippen LogP contribution in [-0.2, 0) is 9.53 Å². The number of halogens is 1. The number of nitrogens with zero attached hydrogens (tertiary/aromatic N) is 1. The molecule has 2 atom stereocenters. The molecule has 3 rings (SSSR count). The van der Waals surface area contributed by atoms with E-state index >= 15 is 0 Å². The van der Waals surface area contributed by atoms with Crippen molar-refractivity contribution >= 4 is 17.6 Å². The van der Waals surface area contributed by atoms with Gasteiger partial charge in [-0.1, -0.05) is 67.9 Å². The van der Waals surface area contributed by atoms with Crippen molar-refractivity contribution in [1.82, 2.24) is 0 Å². The van der Waals surface area contributed by atoms with E-state index in [0.29, 0.717) is 22.1 Å². The zero-order valence-corrected chi connectivity index (χ0v) is 17.5. The van der Waals surface area contributed by atoms with E-state index in [9.17, 15) is 10.1 Å². The van der Waals surface area contributed by atoms with Crippen molar-refractivity contribution < 1.29 is 14.3 Å². The van der Waals surface area contributed by atoms with Gasteiger partial charge in [-0.05, 0) is 47.9 Å². The van der Waals surface area contributed by atoms with Crippen molar-refractivity contribution in [3.05, 3.63) is 95.0 Å². The number of hydrogen-bond donors (Lipinski definition) is 0. The molecule has 0 heterocycles. The van der Waals surface area contributed by atoms with Gasteiger partial charge in [0, 0.05) is 10.6 Å². The molecule has 0 aliphatic rings. The molecule has 0 saturated carbocycles. The van der Waals surface area contributed by atoms with Crippen LogP contribution in [0.15, 0.2) is 78.9 Å². The van der Waals surface area contributed by atoms with Crippen molar-refractivity contribution in [3.63, 3.8) is 0 Å². The highest BCUT2D eigenvalue weighted by molar-refractivity contribution is 6.30. The summed E-state index contributed by atoms with van der Waals surface area (Å²) in [7, 11) is 0. The van der Waals surface area contributed by atoms with Crippen LogP contribution in [0.2, 0.25) is 5.02 Å². The highest BCUT2D eigenvalue weighted by Crippen LogP contribution is 2.31. The lowest BCUT2D eigenvalue weighted by Crippen LogP contribution is -2.22. The average molecular weight is 420 g/mol. The second-order valence-corrected chi connectivity index (χ2v) is 7.64. The van der Waals surface area contributed by atoms with E-state index in [-0.39, 0.29) is 5.92 Å². The number of ether oxygens (including phenoxy) is 2. The summed E-state index contributed by atoms with van der Waals surface area (Å²) in [5.74, 6) is 0.289. The zero-order valence-electron chi connectivity index (χ0n) is 16.8. The summed E-state index contributed by atoms with van der Waals surface area (Å²) in [5.41, 5.74) is 1.36. The SMILES string of the molecule is CC(C)[C@H](C(=O)O[C@@H](C#N)c1cccc(Oc2ccccc2)c1)c1ccc(Cl)cc1. The molecular weight excluding hydrogens is 398 g/mol. The summed E-state index contributed by atoms with van der Waals surface area (Å²) in [4.78, 5) is 13.0. The molecule has 0 spiro atoms. The number of carbonyl (C=O) groups excluding carboxylic acids is 1. The number of rotatable bonds is 7. The molecule has 0 aliphatic carbocycles. The van der Waals surface area contributed by atoms with Gasteiger partial charge in [0.25, 0.3) is 0 Å². The van der Waals surface area contributed by atoms with Crippen LogP contribution in [0.5, 0.6) is 11.5 Å². The van der Waals surface area contributed by atoms with Gasteiger partial charge in [-0.15, -0.1) is 0 Å². The van der Waals surface area contributed by atoms with E-state index in [4.69, 9.17) is 21.1 Å². The van der Waals surface area contributed by atoms with Crippen LogP contribution >= 0.6 is 11.6 Å². The topological polar surface area (TPSA) is 59.3 Å². The number of nitriles is 1. The standard InChI is InChI=1S/C25H22ClNO3/c1-17(2)24(18-11-13-20(26)14-12-18)25(28)30-23(16-27)19-7-6-10-22(15-19)29-21-8-4-3-5-9-21/h3-15,17,23-24H,1-2H3/t23-,24-/m0/s1. The van der Waals surface area contributed by atoms with Crippen molar-refractivity contribution in [2.24, 2.45) is 5.92 Å². The smallest absolute Gasteiger partial charge is 0.315 e. The van der Waals surface area contributed by atoms with E-state index in [2.05, 4.69) is 6.07 Å². The van der Waals surface area contributed by atoms with Gasteiger partial charge in [-0.25, -0.2) is 0 Å². The van der Waals surface area contributed by atoms with Crippen LogP contribution in [0, 0.1) is 17.2 Å². The molecule has 0 saturated heterocycles. The highest BCUT2D eigenvalue weighted by atomic mass is 35.5. The summed E-state index contributed by atoms with van der Waals surface area (Å²) in [5, 5.41) is 10.2. The zero-order chi connectivity index (χ0) is 21.5. The highest BCUT2D eigenvalue weighted by Gasteiger charge is 2.29. The third-order valence-corrected chi connectivity index (χ3v) is 4.89. The van der Waals surface area contributed by atoms with Gasteiger partial charge >= 0.3 is 5.97 Å². The molecule has 0 radical (unpaired) electrons. The van der Waals surface area contributed by atoms with Crippen molar-refractivity contribution in [3.8, 4) is 17.6 Å². The second kappa shape index (κ2) is 9.96. The summed E-state index contributed by atoms with van der Waals surface area (Å²) < 4.78 is 11.4. The Kier molecular flexibility index (Phi) is 7.11. The number of esters is 1. The maximum absolute atomic E-state index is 13.0. The van der Waals surface area contributed by atoms with Crippen LogP contribution < -0.4 is 4.74 Å². The van der Waals surface area contributed by atoms with E-state index in [1.165, 1.54) is 0 Å². The molecule has 0 aliphatic heterocycles. The molecule has 30 heavy (non-hydrogen) atoms. The third-order valence-electron chi connectivity index (χ3n) is 4.64. The lowest BCUT2D eigenvalue weighted by Gasteiger charge is -2.22. The first kappa shape index (κ1) is 21.4. The first-order chi connectivity index (χ1) is 14.5. The summed E-state index contributed by atoms with van der Waals surface area (Å²) >= 11 is 5.96. The van der Waals surface area contributed by atoms with Gasteiger partial charge in [0.2, 0.25) is 6.10 Å². The van der Waals surface area contributed by atoms with Crippen LogP contribution in [0.3, 0.4) is 0 Å². The Morgan fingerprint density at radius 1 is 0.900 bits per heavy atom. The number of benzene rings is 3. The Bertz CT molecular complexity index is 1030. The molecule has 0 N–H and O–H groups in total. The largest absolute Gasteiger partial charge is 0.457 e. The number of carbonyl (C=O) groups is 1. The minimum absolute atomic E-state index is 0.00855. The van der Waals surface area contributed by atoms with Crippen molar-refractivity contribution in [1.29, 1.82) is 5.26 Å². The maximum atomic E-state index is 13.0. The Balaban J connectivity index is 1.78. The predicted octanol–water partition coefficient (Wildman–Crippen LogP) is 6.68. The Morgan fingerprint density at radius 3 is 2.20 bits per heavy atom. The lowest BCUT2D eigenvalue weighted by atomic mass is 9.88. The monoisotopic (exact) mass is 419 g/mol. The Morgan fingerprint density at radius 2 is 1.57 bits per heavy atom. The fourth-order valence-corrected chi connectivity index (χ4v) is 3.31. The molecule has 4 nitrogen and oxygen atoms in total. The van der Waals surface area contributed by atoms with Crippen LogP contribution in [0.1, 0.15) is 37.0 Å². The first-order valence-electron chi connectivity index (χ1n) is 9.66. The maximum Gasteiger partial charge on any atom is 0.315 e. The fourth-order valence-electron chi connectivity index (χ4n) is 3.19. The van der Waals surface area contributed by atoms with Crippen LogP contribution in [0.4, 0.5) is 0 Å². The summed E-state index contributed by atoms with van der Waals surface area (Å²) in [6.07, 6.45) is -1.04. The summed E-state index contributed by atoms with van der Waals surface area (Å²) in [6.45, 7) is 3.88. The van der Waals surface area contributed by atoms with Crippen LogP contribution in [0.25, 0.3) is 0 Å². The lowest BCUT2D eigenvalue weighted by molar-refractivity contribution is -0.150. The third kappa shape index (κ3) is 5.40. The minimum Gasteiger partial charge on any atom is -0.457 e. The quantitative estimate of drug-likeness (QED) is 0.401. The molecule has 0 bridgehead atoms. The molecular formula is C25H22ClNO3. The molecule has 0 fully saturated rings. The van der Waals surface area contributed by atoms with E-state index in [0.717, 1.165) is 5.56 Å². The van der Waals surface area contributed by atoms with Crippen LogP contribution in [-0.4, -0.2) is 5.97 Å². The van der Waals surface area contributed by atoms with Gasteiger partial charge in [0.1, 0.15) is 17.6 Å². The van der Waals surface area contributed by atoms with Crippen molar-refractivity contribution in [2.75, 3.05) is 0 Å².